The summed E-state index contributed by atoms with van der Waals surface area (Å²) in [5, 5.41) is 11.5. The number of fused-ring (bicyclic) bond motifs is 3. The van der Waals surface area contributed by atoms with E-state index in [0.29, 0.717) is 19.6 Å². The number of hydrogen-bond acceptors (Lipinski definition) is 3. The molecule has 1 aromatic carbocycles. The van der Waals surface area contributed by atoms with E-state index in [1.807, 2.05) is 24.3 Å². The second-order valence-electron chi connectivity index (χ2n) is 10.3. The molecular weight excluding hydrogens is 462 g/mol. The Hall–Kier alpha value is -2.91. The molecule has 1 atom stereocenters. The maximum absolute atomic E-state index is 12.2. The molecule has 5 heteroatoms. The quantitative estimate of drug-likeness (QED) is 0.147. The van der Waals surface area contributed by atoms with Crippen molar-refractivity contribution in [1.82, 2.24) is 5.32 Å². The first-order valence-corrected chi connectivity index (χ1v) is 14.4. The first-order chi connectivity index (χ1) is 18.2. The molecule has 1 unspecified atom stereocenters. The molecule has 200 valence electrons. The summed E-state index contributed by atoms with van der Waals surface area (Å²) in [5.74, 6) is -0.603. The van der Waals surface area contributed by atoms with Crippen LogP contribution in [-0.4, -0.2) is 30.3 Å². The lowest BCUT2D eigenvalue weighted by Crippen LogP contribution is -2.27. The molecule has 2 aliphatic rings. The minimum atomic E-state index is -0.677. The summed E-state index contributed by atoms with van der Waals surface area (Å²) in [6.45, 7) is 1.02. The van der Waals surface area contributed by atoms with Crippen molar-refractivity contribution in [2.45, 2.75) is 102 Å². The summed E-state index contributed by atoms with van der Waals surface area (Å²) in [4.78, 5) is 22.7. The van der Waals surface area contributed by atoms with Crippen LogP contribution in [0.15, 0.2) is 48.1 Å². The van der Waals surface area contributed by atoms with Crippen LogP contribution in [0.25, 0.3) is 5.57 Å². The summed E-state index contributed by atoms with van der Waals surface area (Å²) < 4.78 is 5.59. The molecule has 0 radical (unpaired) electrons. The number of benzene rings is 1. The molecule has 0 spiro atoms. The van der Waals surface area contributed by atoms with Gasteiger partial charge >= 0.3 is 12.1 Å². The fraction of sp³-hybridized carbons (Fsp3) is 0.562. The average molecular weight is 507 g/mol. The lowest BCUT2D eigenvalue weighted by molar-refractivity contribution is -0.137. The minimum Gasteiger partial charge on any atom is -0.481 e. The third kappa shape index (κ3) is 10.2. The maximum atomic E-state index is 12.2. The van der Waals surface area contributed by atoms with Gasteiger partial charge in [-0.2, -0.15) is 0 Å². The van der Waals surface area contributed by atoms with Crippen molar-refractivity contribution in [3.63, 3.8) is 0 Å². The van der Waals surface area contributed by atoms with Crippen LogP contribution >= 0.6 is 0 Å². The normalized spacial score (nSPS) is 15.3. The standard InChI is InChI=1S/C32H43NO4/c34-31(35)23-13-11-9-7-5-3-1-2-4-6-8-10-12-18-24-33-32(36)37-25-30-28-21-16-14-19-26(28)27-20-15-17-22-29(27)30/h14-17,19,21-22,30H,1-13,18,23-25H2,(H-,33,34,35,36)/p+1. The van der Waals surface area contributed by atoms with E-state index >= 15 is 0 Å². The van der Waals surface area contributed by atoms with Gasteiger partial charge in [-0.25, -0.2) is 4.79 Å². The molecule has 1 amide bonds. The number of unbranched alkanes of at least 4 members (excludes halogenated alkanes) is 13. The van der Waals surface area contributed by atoms with Gasteiger partial charge in [-0.1, -0.05) is 89.2 Å². The van der Waals surface area contributed by atoms with Gasteiger partial charge in [0.25, 0.3) is 0 Å². The molecule has 2 aliphatic carbocycles. The van der Waals surface area contributed by atoms with Crippen molar-refractivity contribution >= 4 is 17.6 Å². The van der Waals surface area contributed by atoms with Gasteiger partial charge < -0.3 is 15.2 Å². The molecule has 0 fully saturated rings. The zero-order chi connectivity index (χ0) is 26.1. The maximum Gasteiger partial charge on any atom is 0.407 e. The third-order valence-electron chi connectivity index (χ3n) is 7.34. The summed E-state index contributed by atoms with van der Waals surface area (Å²) in [6.07, 6.45) is 26.1. The number of allylic oxidation sites excluding steroid dienone is 5. The molecule has 0 aliphatic heterocycles. The van der Waals surface area contributed by atoms with E-state index in [-0.39, 0.29) is 12.0 Å². The van der Waals surface area contributed by atoms with Crippen molar-refractivity contribution in [3.8, 4) is 0 Å². The molecule has 3 rings (SSSR count). The smallest absolute Gasteiger partial charge is 0.407 e. The predicted octanol–water partition coefficient (Wildman–Crippen LogP) is 8.13. The fourth-order valence-electron chi connectivity index (χ4n) is 5.27. The van der Waals surface area contributed by atoms with Crippen LogP contribution in [-0.2, 0) is 9.53 Å². The van der Waals surface area contributed by atoms with Crippen LogP contribution in [0.1, 0.15) is 113 Å². The second kappa shape index (κ2) is 16.8. The molecule has 37 heavy (non-hydrogen) atoms. The van der Waals surface area contributed by atoms with Crippen LogP contribution in [0, 0.1) is 6.08 Å². The highest BCUT2D eigenvalue weighted by atomic mass is 16.5. The highest BCUT2D eigenvalue weighted by Crippen LogP contribution is 2.46. The van der Waals surface area contributed by atoms with Crippen molar-refractivity contribution in [3.05, 3.63) is 65.3 Å². The van der Waals surface area contributed by atoms with E-state index in [4.69, 9.17) is 9.84 Å². The summed E-state index contributed by atoms with van der Waals surface area (Å²) >= 11 is 0. The van der Waals surface area contributed by atoms with Crippen molar-refractivity contribution in [2.24, 2.45) is 0 Å². The molecule has 0 saturated heterocycles. The Morgan fingerprint density at radius 1 is 0.838 bits per heavy atom. The average Bonchev–Trinajstić information content (AvgIpc) is 3.22. The lowest BCUT2D eigenvalue weighted by atomic mass is 9.95. The van der Waals surface area contributed by atoms with E-state index < -0.39 is 5.97 Å². The highest BCUT2D eigenvalue weighted by Gasteiger charge is 2.39. The van der Waals surface area contributed by atoms with Crippen LogP contribution in [0.2, 0.25) is 0 Å². The zero-order valence-electron chi connectivity index (χ0n) is 22.3. The number of carboxylic acid groups (broad SMARTS) is 1. The Labute approximate surface area is 223 Å². The molecule has 5 nitrogen and oxygen atoms in total. The lowest BCUT2D eigenvalue weighted by Gasteiger charge is -2.12. The Morgan fingerprint density at radius 3 is 2.08 bits per heavy atom. The molecule has 0 saturated carbocycles. The molecule has 0 aromatic heterocycles. The Morgan fingerprint density at radius 2 is 1.43 bits per heavy atom. The number of aliphatic carboxylic acids is 1. The Bertz CT molecular complexity index is 946. The summed E-state index contributed by atoms with van der Waals surface area (Å²) in [6, 6.07) is 8.31. The predicted molar refractivity (Wildman–Crippen MR) is 149 cm³/mol. The fourth-order valence-corrected chi connectivity index (χ4v) is 5.27. The van der Waals surface area contributed by atoms with Gasteiger partial charge in [-0.05, 0) is 25.0 Å². The molecule has 1 aromatic rings. The first kappa shape index (κ1) is 28.7. The van der Waals surface area contributed by atoms with E-state index in [1.54, 1.807) is 0 Å². The van der Waals surface area contributed by atoms with E-state index in [0.717, 1.165) is 31.3 Å². The van der Waals surface area contributed by atoms with Crippen molar-refractivity contribution in [1.29, 1.82) is 0 Å². The van der Waals surface area contributed by atoms with Crippen LogP contribution in [0.3, 0.4) is 0 Å². The van der Waals surface area contributed by atoms with Gasteiger partial charge in [-0.15, -0.1) is 0 Å². The van der Waals surface area contributed by atoms with E-state index in [9.17, 15) is 9.59 Å². The Kier molecular flexibility index (Phi) is 13.0. The zero-order valence-corrected chi connectivity index (χ0v) is 22.3. The number of carbonyl (C=O) groups excluding carboxylic acids is 1. The van der Waals surface area contributed by atoms with Gasteiger partial charge in [0.15, 0.2) is 5.57 Å². The summed E-state index contributed by atoms with van der Waals surface area (Å²) in [5.41, 5.74) is 4.70. The number of hydrogen-bond donors (Lipinski definition) is 2. The van der Waals surface area contributed by atoms with Gasteiger partial charge in [0.05, 0.1) is 23.1 Å². The molecule has 0 heterocycles. The second-order valence-corrected chi connectivity index (χ2v) is 10.3. The van der Waals surface area contributed by atoms with Crippen molar-refractivity contribution in [2.75, 3.05) is 13.2 Å². The number of carbonyl (C=O) groups is 2. The number of alkyl carbamates (subject to hydrolysis) is 1. The summed E-state index contributed by atoms with van der Waals surface area (Å²) in [7, 11) is 0. The number of nitrogens with one attached hydrogen (secondary N) is 1. The number of amides is 1. The number of carboxylic acids is 1. The third-order valence-corrected chi connectivity index (χ3v) is 7.34. The van der Waals surface area contributed by atoms with Gasteiger partial charge in [0, 0.05) is 36.8 Å². The van der Waals surface area contributed by atoms with Gasteiger partial charge in [0.2, 0.25) is 0 Å². The first-order valence-electron chi connectivity index (χ1n) is 14.4. The monoisotopic (exact) mass is 506 g/mol. The van der Waals surface area contributed by atoms with Crippen molar-refractivity contribution < 1.29 is 19.4 Å². The Balaban J connectivity index is 1.12. The largest absolute Gasteiger partial charge is 0.481 e. The van der Waals surface area contributed by atoms with Crippen LogP contribution in [0.4, 0.5) is 4.79 Å². The molecule has 0 bridgehead atoms. The SMILES string of the molecule is O=C(O)CCCCCCCCCCCCCCCCNC(=O)OCC1C2=CC=C[C+]=C2c2ccccc21. The van der Waals surface area contributed by atoms with Gasteiger partial charge in [-0.3, -0.25) is 4.79 Å². The van der Waals surface area contributed by atoms with E-state index in [1.165, 1.54) is 80.9 Å². The van der Waals surface area contributed by atoms with Gasteiger partial charge in [0.1, 0.15) is 6.61 Å². The van der Waals surface area contributed by atoms with Crippen LogP contribution in [0.5, 0.6) is 0 Å². The number of rotatable bonds is 19. The van der Waals surface area contributed by atoms with E-state index in [2.05, 4.69) is 29.6 Å². The topological polar surface area (TPSA) is 75.6 Å². The minimum absolute atomic E-state index is 0.0739. The number of ether oxygens (including phenoxy) is 1. The van der Waals surface area contributed by atoms with Crippen LogP contribution < -0.4 is 5.32 Å². The molecular formula is C32H44NO4+. The highest BCUT2D eigenvalue weighted by molar-refractivity contribution is 5.88. The molecule has 2 N–H and O–H groups in total.